The van der Waals surface area contributed by atoms with Gasteiger partial charge >= 0.3 is 6.03 Å². The van der Waals surface area contributed by atoms with Gasteiger partial charge in [0.25, 0.3) is 0 Å². The van der Waals surface area contributed by atoms with Gasteiger partial charge in [0.1, 0.15) is 0 Å². The quantitative estimate of drug-likeness (QED) is 0.834. The first-order valence-corrected chi connectivity index (χ1v) is 8.34. The van der Waals surface area contributed by atoms with E-state index in [1.165, 1.54) is 36.1 Å². The van der Waals surface area contributed by atoms with Gasteiger partial charge in [-0.25, -0.2) is 4.79 Å². The molecule has 1 fully saturated rings. The lowest BCUT2D eigenvalue weighted by atomic mass is 9.94. The van der Waals surface area contributed by atoms with Gasteiger partial charge in [-0.3, -0.25) is 0 Å². The summed E-state index contributed by atoms with van der Waals surface area (Å²) in [6.07, 6.45) is 8.30. The molecule has 0 spiro atoms. The first-order valence-electron chi connectivity index (χ1n) is 7.46. The maximum absolute atomic E-state index is 12.4. The number of amides is 2. The highest BCUT2D eigenvalue weighted by Crippen LogP contribution is 2.33. The molecule has 1 aromatic rings. The van der Waals surface area contributed by atoms with Crippen LogP contribution >= 0.6 is 11.3 Å². The zero-order valence-electron chi connectivity index (χ0n) is 11.4. The topological polar surface area (TPSA) is 32.3 Å². The summed E-state index contributed by atoms with van der Waals surface area (Å²) in [7, 11) is 0. The molecule has 2 heterocycles. The lowest BCUT2D eigenvalue weighted by Gasteiger charge is -2.28. The fourth-order valence-electron chi connectivity index (χ4n) is 3.15. The Bertz CT molecular complexity index is 435. The molecule has 4 heteroatoms. The van der Waals surface area contributed by atoms with E-state index in [0.717, 1.165) is 32.4 Å². The molecule has 2 amide bonds. The summed E-state index contributed by atoms with van der Waals surface area (Å²) in [6, 6.07) is 2.57. The number of nitrogens with zero attached hydrogens (tertiary/aromatic N) is 1. The van der Waals surface area contributed by atoms with E-state index < -0.39 is 0 Å². The normalized spacial score (nSPS) is 23.6. The number of likely N-dealkylation sites (tertiary alicyclic amines) is 1. The summed E-state index contributed by atoms with van der Waals surface area (Å²) in [5.74, 6) is 0. The van der Waals surface area contributed by atoms with Crippen molar-refractivity contribution < 1.29 is 4.79 Å². The van der Waals surface area contributed by atoms with Crippen molar-refractivity contribution in [2.24, 2.45) is 0 Å². The van der Waals surface area contributed by atoms with Gasteiger partial charge in [0.15, 0.2) is 0 Å². The minimum atomic E-state index is 0.144. The van der Waals surface area contributed by atoms with Crippen molar-refractivity contribution >= 4 is 17.4 Å². The highest BCUT2D eigenvalue weighted by Gasteiger charge is 2.24. The predicted octanol–water partition coefficient (Wildman–Crippen LogP) is 3.71. The van der Waals surface area contributed by atoms with Crippen molar-refractivity contribution in [2.75, 3.05) is 13.1 Å². The summed E-state index contributed by atoms with van der Waals surface area (Å²) in [6.45, 7) is 1.85. The number of rotatable bonds is 1. The second-order valence-electron chi connectivity index (χ2n) is 5.59. The molecule has 0 saturated carbocycles. The van der Waals surface area contributed by atoms with Gasteiger partial charge in [0.05, 0.1) is 6.04 Å². The summed E-state index contributed by atoms with van der Waals surface area (Å²) in [5, 5.41) is 5.41. The minimum Gasteiger partial charge on any atom is -0.331 e. The first-order chi connectivity index (χ1) is 9.34. The van der Waals surface area contributed by atoms with Crippen LogP contribution in [0.5, 0.6) is 0 Å². The van der Waals surface area contributed by atoms with Crippen LogP contribution in [0.1, 0.15) is 55.0 Å². The SMILES string of the molecule is O=C(NC1CCCc2sccc21)N1CCCCCC1. The van der Waals surface area contributed by atoms with Gasteiger partial charge in [-0.15, -0.1) is 11.3 Å². The summed E-state index contributed by atoms with van der Waals surface area (Å²) < 4.78 is 0. The van der Waals surface area contributed by atoms with E-state index in [-0.39, 0.29) is 12.1 Å². The van der Waals surface area contributed by atoms with Crippen LogP contribution in [0.15, 0.2) is 11.4 Å². The molecule has 1 atom stereocenters. The Hall–Kier alpha value is -1.03. The van der Waals surface area contributed by atoms with Crippen LogP contribution in [0.4, 0.5) is 4.79 Å². The Morgan fingerprint density at radius 2 is 2.00 bits per heavy atom. The zero-order chi connectivity index (χ0) is 13.1. The van der Waals surface area contributed by atoms with Crippen molar-refractivity contribution in [3.8, 4) is 0 Å². The molecular weight excluding hydrogens is 256 g/mol. The Morgan fingerprint density at radius 1 is 1.21 bits per heavy atom. The minimum absolute atomic E-state index is 0.144. The number of carbonyl (C=O) groups excluding carboxylic acids is 1. The molecule has 0 aromatic carbocycles. The maximum atomic E-state index is 12.4. The molecule has 1 aliphatic carbocycles. The standard InChI is InChI=1S/C15H22N2OS/c18-15(17-9-3-1-2-4-10-17)16-13-6-5-7-14-12(13)8-11-19-14/h8,11,13H,1-7,9-10H2,(H,16,18). The second-order valence-corrected chi connectivity index (χ2v) is 6.60. The molecule has 2 aliphatic rings. The fraction of sp³-hybridized carbons (Fsp3) is 0.667. The third kappa shape index (κ3) is 2.94. The molecule has 1 aromatic heterocycles. The molecule has 104 valence electrons. The van der Waals surface area contributed by atoms with E-state index in [1.807, 2.05) is 16.2 Å². The number of thiophene rings is 1. The fourth-order valence-corrected chi connectivity index (χ4v) is 4.14. The molecule has 19 heavy (non-hydrogen) atoms. The number of fused-ring (bicyclic) bond motifs is 1. The molecule has 1 saturated heterocycles. The van der Waals surface area contributed by atoms with Crippen LogP contribution in [0, 0.1) is 0 Å². The number of hydrogen-bond donors (Lipinski definition) is 1. The summed E-state index contributed by atoms with van der Waals surface area (Å²) in [5.41, 5.74) is 1.36. The molecule has 0 bridgehead atoms. The average Bonchev–Trinajstić information content (AvgIpc) is 2.73. The Balaban J connectivity index is 1.64. The molecule has 0 radical (unpaired) electrons. The van der Waals surface area contributed by atoms with E-state index in [0.29, 0.717) is 0 Å². The van der Waals surface area contributed by atoms with E-state index in [1.54, 1.807) is 0 Å². The van der Waals surface area contributed by atoms with Gasteiger partial charge in [-0.2, -0.15) is 0 Å². The monoisotopic (exact) mass is 278 g/mol. The molecule has 3 nitrogen and oxygen atoms in total. The Labute approximate surface area is 119 Å². The van der Waals surface area contributed by atoms with Crippen molar-refractivity contribution in [3.05, 3.63) is 21.9 Å². The van der Waals surface area contributed by atoms with Gasteiger partial charge in [0, 0.05) is 18.0 Å². The number of carbonyl (C=O) groups is 1. The molecule has 1 unspecified atom stereocenters. The lowest BCUT2D eigenvalue weighted by molar-refractivity contribution is 0.194. The van der Waals surface area contributed by atoms with Crippen molar-refractivity contribution in [1.82, 2.24) is 10.2 Å². The van der Waals surface area contributed by atoms with Gasteiger partial charge in [-0.05, 0) is 49.1 Å². The van der Waals surface area contributed by atoms with E-state index in [2.05, 4.69) is 16.8 Å². The van der Waals surface area contributed by atoms with Crippen LogP contribution in [0.2, 0.25) is 0 Å². The van der Waals surface area contributed by atoms with E-state index in [9.17, 15) is 4.79 Å². The lowest BCUT2D eigenvalue weighted by Crippen LogP contribution is -2.42. The summed E-state index contributed by atoms with van der Waals surface area (Å²) >= 11 is 1.83. The zero-order valence-corrected chi connectivity index (χ0v) is 12.2. The largest absolute Gasteiger partial charge is 0.331 e. The smallest absolute Gasteiger partial charge is 0.317 e. The van der Waals surface area contributed by atoms with E-state index in [4.69, 9.17) is 0 Å². The van der Waals surface area contributed by atoms with E-state index >= 15 is 0 Å². The molecule has 1 N–H and O–H groups in total. The first kappa shape index (κ1) is 13.0. The van der Waals surface area contributed by atoms with Gasteiger partial charge in [-0.1, -0.05) is 12.8 Å². The van der Waals surface area contributed by atoms with Gasteiger partial charge < -0.3 is 10.2 Å². The Kier molecular flexibility index (Phi) is 4.06. The second kappa shape index (κ2) is 5.95. The van der Waals surface area contributed by atoms with Crippen LogP contribution in [0.3, 0.4) is 0 Å². The van der Waals surface area contributed by atoms with Crippen molar-refractivity contribution in [3.63, 3.8) is 0 Å². The third-order valence-corrected chi connectivity index (χ3v) is 5.24. The highest BCUT2D eigenvalue weighted by atomic mass is 32.1. The van der Waals surface area contributed by atoms with Crippen LogP contribution < -0.4 is 5.32 Å². The summed E-state index contributed by atoms with van der Waals surface area (Å²) in [4.78, 5) is 15.8. The highest BCUT2D eigenvalue weighted by molar-refractivity contribution is 7.10. The van der Waals surface area contributed by atoms with Crippen molar-refractivity contribution in [1.29, 1.82) is 0 Å². The van der Waals surface area contributed by atoms with Crippen LogP contribution in [-0.4, -0.2) is 24.0 Å². The van der Waals surface area contributed by atoms with Gasteiger partial charge in [0.2, 0.25) is 0 Å². The number of aryl methyl sites for hydroxylation is 1. The molecular formula is C15H22N2OS. The third-order valence-electron chi connectivity index (χ3n) is 4.24. The van der Waals surface area contributed by atoms with Crippen LogP contribution in [-0.2, 0) is 6.42 Å². The molecule has 1 aliphatic heterocycles. The van der Waals surface area contributed by atoms with Crippen molar-refractivity contribution in [2.45, 2.75) is 51.0 Å². The Morgan fingerprint density at radius 3 is 2.79 bits per heavy atom. The average molecular weight is 278 g/mol. The number of hydrogen-bond acceptors (Lipinski definition) is 2. The number of urea groups is 1. The predicted molar refractivity (Wildman–Crippen MR) is 78.6 cm³/mol. The molecule has 3 rings (SSSR count). The maximum Gasteiger partial charge on any atom is 0.317 e. The number of nitrogens with one attached hydrogen (secondary N) is 1. The van der Waals surface area contributed by atoms with Crippen LogP contribution in [0.25, 0.3) is 0 Å².